The van der Waals surface area contributed by atoms with Crippen molar-refractivity contribution in [2.24, 2.45) is 0 Å². The molecule has 1 aromatic carbocycles. The Balaban J connectivity index is 2.33. The van der Waals surface area contributed by atoms with E-state index >= 15 is 0 Å². The zero-order valence-corrected chi connectivity index (χ0v) is 8.01. The summed E-state index contributed by atoms with van der Waals surface area (Å²) in [7, 11) is 0. The number of non-ortho nitro benzene ring substituents is 1. The first-order valence-electron chi connectivity index (χ1n) is 4.60. The summed E-state index contributed by atoms with van der Waals surface area (Å²) in [5.41, 5.74) is 1.72. The number of aliphatic hydroxyl groups excluding tert-OH is 1. The Labute approximate surface area is 86.3 Å². The molecule has 0 saturated heterocycles. The molecular weight excluding hydrogens is 198 g/mol. The second-order valence-corrected chi connectivity index (χ2v) is 3.28. The second kappa shape index (κ2) is 3.74. The molecular formula is C9H11N3O3. The number of nitro groups is 1. The molecule has 1 heterocycles. The van der Waals surface area contributed by atoms with Gasteiger partial charge in [0.05, 0.1) is 29.6 Å². The minimum absolute atomic E-state index is 0.0316. The summed E-state index contributed by atoms with van der Waals surface area (Å²) in [6.07, 6.45) is 0. The first-order valence-corrected chi connectivity index (χ1v) is 4.60. The van der Waals surface area contributed by atoms with Crippen LogP contribution in [0, 0.1) is 10.1 Å². The molecule has 2 rings (SSSR count). The van der Waals surface area contributed by atoms with Crippen molar-refractivity contribution in [2.75, 3.05) is 30.0 Å². The van der Waals surface area contributed by atoms with Crippen molar-refractivity contribution < 1.29 is 10.0 Å². The lowest BCUT2D eigenvalue weighted by atomic mass is 10.2. The number of nitro benzene ring substituents is 1. The molecule has 0 atom stereocenters. The Morgan fingerprint density at radius 2 is 2.40 bits per heavy atom. The van der Waals surface area contributed by atoms with E-state index in [1.807, 2.05) is 4.90 Å². The summed E-state index contributed by atoms with van der Waals surface area (Å²) in [5, 5.41) is 22.5. The third kappa shape index (κ3) is 1.71. The van der Waals surface area contributed by atoms with Crippen LogP contribution in [0.25, 0.3) is 0 Å². The molecule has 0 bridgehead atoms. The number of anilines is 2. The standard InChI is InChI=1S/C9H11N3O3/c13-4-3-11-6-10-8-2-1-7(12(14)15)5-9(8)11/h1-2,5,10,13H,3-4,6H2. The lowest BCUT2D eigenvalue weighted by molar-refractivity contribution is -0.384. The van der Waals surface area contributed by atoms with Gasteiger partial charge in [-0.15, -0.1) is 0 Å². The van der Waals surface area contributed by atoms with E-state index in [9.17, 15) is 10.1 Å². The van der Waals surface area contributed by atoms with Gasteiger partial charge in [0.1, 0.15) is 0 Å². The predicted molar refractivity (Wildman–Crippen MR) is 56.0 cm³/mol. The van der Waals surface area contributed by atoms with Gasteiger partial charge in [-0.1, -0.05) is 0 Å². The quantitative estimate of drug-likeness (QED) is 0.568. The average molecular weight is 209 g/mol. The van der Waals surface area contributed by atoms with E-state index in [4.69, 9.17) is 5.11 Å². The van der Waals surface area contributed by atoms with Crippen LogP contribution in [0.5, 0.6) is 0 Å². The number of hydrogen-bond donors (Lipinski definition) is 2. The maximum Gasteiger partial charge on any atom is 0.271 e. The Hall–Kier alpha value is -1.82. The Morgan fingerprint density at radius 3 is 3.07 bits per heavy atom. The normalized spacial score (nSPS) is 13.5. The minimum atomic E-state index is -0.421. The van der Waals surface area contributed by atoms with E-state index in [1.54, 1.807) is 6.07 Å². The van der Waals surface area contributed by atoms with Gasteiger partial charge in [0.15, 0.2) is 0 Å². The molecule has 1 aliphatic heterocycles. The molecule has 6 heteroatoms. The molecule has 0 aliphatic carbocycles. The smallest absolute Gasteiger partial charge is 0.271 e. The fraction of sp³-hybridized carbons (Fsp3) is 0.333. The fourth-order valence-electron chi connectivity index (χ4n) is 1.63. The maximum atomic E-state index is 10.6. The molecule has 0 spiro atoms. The van der Waals surface area contributed by atoms with Crippen molar-refractivity contribution in [1.82, 2.24) is 0 Å². The highest BCUT2D eigenvalue weighted by atomic mass is 16.6. The molecule has 6 nitrogen and oxygen atoms in total. The molecule has 0 saturated carbocycles. The molecule has 2 N–H and O–H groups in total. The molecule has 1 aromatic rings. The summed E-state index contributed by atoms with van der Waals surface area (Å²) in [4.78, 5) is 12.0. The third-order valence-electron chi connectivity index (χ3n) is 2.36. The van der Waals surface area contributed by atoms with Crippen LogP contribution in [-0.2, 0) is 0 Å². The zero-order chi connectivity index (χ0) is 10.8. The van der Waals surface area contributed by atoms with Crippen molar-refractivity contribution in [2.45, 2.75) is 0 Å². The van der Waals surface area contributed by atoms with Crippen LogP contribution >= 0.6 is 0 Å². The van der Waals surface area contributed by atoms with Gasteiger partial charge in [0.2, 0.25) is 0 Å². The van der Waals surface area contributed by atoms with E-state index in [0.717, 1.165) is 11.4 Å². The van der Waals surface area contributed by atoms with Crippen LogP contribution < -0.4 is 10.2 Å². The lowest BCUT2D eigenvalue weighted by Crippen LogP contribution is -2.25. The number of nitrogens with one attached hydrogen (secondary N) is 1. The largest absolute Gasteiger partial charge is 0.395 e. The van der Waals surface area contributed by atoms with Gasteiger partial charge in [-0.2, -0.15) is 0 Å². The molecule has 0 unspecified atom stereocenters. The molecule has 0 radical (unpaired) electrons. The Morgan fingerprint density at radius 1 is 1.60 bits per heavy atom. The molecule has 15 heavy (non-hydrogen) atoms. The minimum Gasteiger partial charge on any atom is -0.395 e. The SMILES string of the molecule is O=[N+]([O-])c1ccc2c(c1)N(CCO)CN2. The van der Waals surface area contributed by atoms with Gasteiger partial charge < -0.3 is 15.3 Å². The molecule has 0 aromatic heterocycles. The topological polar surface area (TPSA) is 78.6 Å². The van der Waals surface area contributed by atoms with E-state index < -0.39 is 4.92 Å². The first-order chi connectivity index (χ1) is 7.22. The van der Waals surface area contributed by atoms with Gasteiger partial charge in [0.25, 0.3) is 5.69 Å². The highest BCUT2D eigenvalue weighted by molar-refractivity contribution is 5.77. The Kier molecular flexibility index (Phi) is 2.42. The number of aliphatic hydroxyl groups is 1. The molecule has 0 fully saturated rings. The third-order valence-corrected chi connectivity index (χ3v) is 2.36. The molecule has 1 aliphatic rings. The number of nitrogens with zero attached hydrogens (tertiary/aromatic N) is 2. The van der Waals surface area contributed by atoms with Crippen LogP contribution in [0.1, 0.15) is 0 Å². The first kappa shape index (κ1) is 9.72. The van der Waals surface area contributed by atoms with E-state index in [0.29, 0.717) is 13.2 Å². The lowest BCUT2D eigenvalue weighted by Gasteiger charge is -2.15. The average Bonchev–Trinajstić information content (AvgIpc) is 2.61. The van der Waals surface area contributed by atoms with Gasteiger partial charge in [-0.3, -0.25) is 10.1 Å². The van der Waals surface area contributed by atoms with Crippen molar-refractivity contribution in [1.29, 1.82) is 0 Å². The number of hydrogen-bond acceptors (Lipinski definition) is 5. The Bertz CT molecular complexity index is 392. The highest BCUT2D eigenvalue weighted by Crippen LogP contribution is 2.33. The summed E-state index contributed by atoms with van der Waals surface area (Å²) < 4.78 is 0. The molecule has 0 amide bonds. The number of fused-ring (bicyclic) bond motifs is 1. The molecule has 80 valence electrons. The number of rotatable bonds is 3. The van der Waals surface area contributed by atoms with Crippen LogP contribution in [-0.4, -0.2) is 29.9 Å². The monoisotopic (exact) mass is 209 g/mol. The number of β-amino-alcohol motifs (C(OH)–C–C–N with tert-alkyl or cyclic N) is 1. The second-order valence-electron chi connectivity index (χ2n) is 3.28. The van der Waals surface area contributed by atoms with Crippen LogP contribution in [0.4, 0.5) is 17.1 Å². The van der Waals surface area contributed by atoms with E-state index in [-0.39, 0.29) is 12.3 Å². The van der Waals surface area contributed by atoms with Crippen LogP contribution in [0.15, 0.2) is 18.2 Å². The summed E-state index contributed by atoms with van der Waals surface area (Å²) in [6.45, 7) is 1.09. The summed E-state index contributed by atoms with van der Waals surface area (Å²) in [6, 6.07) is 4.67. The predicted octanol–water partition coefficient (Wildman–Crippen LogP) is 0.776. The fourth-order valence-corrected chi connectivity index (χ4v) is 1.63. The highest BCUT2D eigenvalue weighted by Gasteiger charge is 2.20. The van der Waals surface area contributed by atoms with E-state index in [1.165, 1.54) is 12.1 Å². The van der Waals surface area contributed by atoms with Crippen molar-refractivity contribution in [3.63, 3.8) is 0 Å². The van der Waals surface area contributed by atoms with Crippen molar-refractivity contribution >= 4 is 17.1 Å². The van der Waals surface area contributed by atoms with Crippen molar-refractivity contribution in [3.8, 4) is 0 Å². The van der Waals surface area contributed by atoms with Crippen molar-refractivity contribution in [3.05, 3.63) is 28.3 Å². The van der Waals surface area contributed by atoms with Gasteiger partial charge >= 0.3 is 0 Å². The van der Waals surface area contributed by atoms with Crippen LogP contribution in [0.2, 0.25) is 0 Å². The van der Waals surface area contributed by atoms with E-state index in [2.05, 4.69) is 5.32 Å². The number of benzene rings is 1. The zero-order valence-electron chi connectivity index (χ0n) is 8.01. The summed E-state index contributed by atoms with van der Waals surface area (Å²) in [5.74, 6) is 0. The van der Waals surface area contributed by atoms with Gasteiger partial charge in [-0.25, -0.2) is 0 Å². The van der Waals surface area contributed by atoms with Gasteiger partial charge in [0, 0.05) is 18.7 Å². The summed E-state index contributed by atoms with van der Waals surface area (Å²) >= 11 is 0. The maximum absolute atomic E-state index is 10.6. The van der Waals surface area contributed by atoms with Gasteiger partial charge in [-0.05, 0) is 6.07 Å². The van der Waals surface area contributed by atoms with Crippen LogP contribution in [0.3, 0.4) is 0 Å².